The number of carbonyl (C=O) groups is 1. The zero-order valence-electron chi connectivity index (χ0n) is 11.0. The molecule has 4 heteroatoms. The van der Waals surface area contributed by atoms with E-state index in [1.54, 1.807) is 6.08 Å². The fraction of sp³-hybridized carbons (Fsp3) is 0. The first-order valence-corrected chi connectivity index (χ1v) is 6.37. The van der Waals surface area contributed by atoms with Crippen LogP contribution < -0.4 is 4.74 Å². The Hall–Kier alpha value is -3.01. The second-order valence-corrected chi connectivity index (χ2v) is 4.54. The largest absolute Gasteiger partial charge is 0.504 e. The molecule has 0 unspecified atom stereocenters. The van der Waals surface area contributed by atoms with E-state index in [0.717, 1.165) is 5.56 Å². The molecule has 0 radical (unpaired) electrons. The molecule has 2 aromatic rings. The number of allylic oxidation sites excluding steroid dienone is 3. The molecule has 1 heterocycles. The Bertz CT molecular complexity index is 758. The van der Waals surface area contributed by atoms with Gasteiger partial charge in [0.1, 0.15) is 0 Å². The molecule has 0 aliphatic carbocycles. The summed E-state index contributed by atoms with van der Waals surface area (Å²) in [6, 6.07) is 12.3. The van der Waals surface area contributed by atoms with E-state index in [1.807, 2.05) is 36.4 Å². The fourth-order valence-electron chi connectivity index (χ4n) is 2.05. The lowest BCUT2D eigenvalue weighted by molar-refractivity contribution is 0.101. The van der Waals surface area contributed by atoms with Gasteiger partial charge in [-0.1, -0.05) is 42.5 Å². The predicted octanol–water partition coefficient (Wildman–Crippen LogP) is 3.27. The van der Waals surface area contributed by atoms with E-state index >= 15 is 0 Å². The molecule has 3 rings (SSSR count). The Kier molecular flexibility index (Phi) is 3.20. The lowest BCUT2D eigenvalue weighted by atomic mass is 10.1. The van der Waals surface area contributed by atoms with Crippen molar-refractivity contribution >= 4 is 11.9 Å². The SMILES string of the molecule is O=C1/C(=C\C=C\c2ccccc2)Oc2c1ccc(O)c2O. The fourth-order valence-corrected chi connectivity index (χ4v) is 2.05. The van der Waals surface area contributed by atoms with Gasteiger partial charge in [0.05, 0.1) is 5.56 Å². The number of fused-ring (bicyclic) bond motifs is 1. The highest BCUT2D eigenvalue weighted by molar-refractivity contribution is 6.13. The maximum Gasteiger partial charge on any atom is 0.232 e. The van der Waals surface area contributed by atoms with Gasteiger partial charge < -0.3 is 14.9 Å². The highest BCUT2D eigenvalue weighted by Crippen LogP contribution is 2.43. The number of benzene rings is 2. The molecule has 2 N–H and O–H groups in total. The molecule has 104 valence electrons. The summed E-state index contributed by atoms with van der Waals surface area (Å²) in [6.07, 6.45) is 5.07. The molecular weight excluding hydrogens is 268 g/mol. The van der Waals surface area contributed by atoms with Crippen molar-refractivity contribution in [2.45, 2.75) is 0 Å². The molecule has 1 aliphatic rings. The molecule has 4 nitrogen and oxygen atoms in total. The molecule has 0 bridgehead atoms. The first-order valence-electron chi connectivity index (χ1n) is 6.37. The van der Waals surface area contributed by atoms with Crippen LogP contribution in [-0.2, 0) is 0 Å². The molecule has 0 fully saturated rings. The van der Waals surface area contributed by atoms with Gasteiger partial charge in [-0.25, -0.2) is 0 Å². The van der Waals surface area contributed by atoms with Crippen LogP contribution in [0.15, 0.2) is 60.4 Å². The van der Waals surface area contributed by atoms with Gasteiger partial charge in [0.2, 0.25) is 11.5 Å². The summed E-state index contributed by atoms with van der Waals surface area (Å²) in [6.45, 7) is 0. The van der Waals surface area contributed by atoms with Crippen LogP contribution >= 0.6 is 0 Å². The van der Waals surface area contributed by atoms with E-state index in [-0.39, 0.29) is 28.6 Å². The number of phenols is 2. The molecule has 21 heavy (non-hydrogen) atoms. The molecule has 0 spiro atoms. The zero-order chi connectivity index (χ0) is 14.8. The van der Waals surface area contributed by atoms with Crippen LogP contribution in [0.25, 0.3) is 6.08 Å². The summed E-state index contributed by atoms with van der Waals surface area (Å²) >= 11 is 0. The average Bonchev–Trinajstić information content (AvgIpc) is 2.82. The van der Waals surface area contributed by atoms with Gasteiger partial charge in [0.25, 0.3) is 0 Å². The number of phenolic OH excluding ortho intramolecular Hbond substituents is 2. The maximum atomic E-state index is 12.1. The second kappa shape index (κ2) is 5.17. The molecule has 0 saturated heterocycles. The number of Topliss-reactive ketones (excluding diaryl/α,β-unsaturated/α-hetero) is 1. The molecule has 0 atom stereocenters. The monoisotopic (exact) mass is 280 g/mol. The number of hydrogen-bond acceptors (Lipinski definition) is 4. The number of ketones is 1. The smallest absolute Gasteiger partial charge is 0.232 e. The minimum Gasteiger partial charge on any atom is -0.504 e. The first-order chi connectivity index (χ1) is 10.2. The van der Waals surface area contributed by atoms with Crippen LogP contribution in [0.2, 0.25) is 0 Å². The van der Waals surface area contributed by atoms with Crippen molar-refractivity contribution in [3.63, 3.8) is 0 Å². The van der Waals surface area contributed by atoms with Gasteiger partial charge in [-0.2, -0.15) is 0 Å². The minimum atomic E-state index is -0.420. The Labute approximate surface area is 121 Å². The molecule has 0 amide bonds. The zero-order valence-corrected chi connectivity index (χ0v) is 11.0. The van der Waals surface area contributed by atoms with Crippen LogP contribution in [0.3, 0.4) is 0 Å². The summed E-state index contributed by atoms with van der Waals surface area (Å²) in [5, 5.41) is 19.1. The maximum absolute atomic E-state index is 12.1. The molecule has 2 aromatic carbocycles. The second-order valence-electron chi connectivity index (χ2n) is 4.54. The van der Waals surface area contributed by atoms with Crippen LogP contribution in [-0.4, -0.2) is 16.0 Å². The topological polar surface area (TPSA) is 66.8 Å². The lowest BCUT2D eigenvalue weighted by Crippen LogP contribution is -1.97. The van der Waals surface area contributed by atoms with Crippen LogP contribution in [0, 0.1) is 0 Å². The van der Waals surface area contributed by atoms with Gasteiger partial charge >= 0.3 is 0 Å². The van der Waals surface area contributed by atoms with E-state index in [2.05, 4.69) is 0 Å². The minimum absolute atomic E-state index is 0.000592. The van der Waals surface area contributed by atoms with Crippen molar-refractivity contribution in [3.05, 3.63) is 71.5 Å². The number of hydrogen-bond donors (Lipinski definition) is 2. The summed E-state index contributed by atoms with van der Waals surface area (Å²) in [4.78, 5) is 12.1. The third kappa shape index (κ3) is 2.39. The molecule has 0 aromatic heterocycles. The Balaban J connectivity index is 1.86. The van der Waals surface area contributed by atoms with Crippen molar-refractivity contribution < 1.29 is 19.7 Å². The van der Waals surface area contributed by atoms with Crippen molar-refractivity contribution in [3.8, 4) is 17.2 Å². The van der Waals surface area contributed by atoms with Crippen molar-refractivity contribution in [2.75, 3.05) is 0 Å². The Morgan fingerprint density at radius 3 is 2.52 bits per heavy atom. The normalized spacial score (nSPS) is 15.4. The van der Waals surface area contributed by atoms with Gasteiger partial charge in [-0.15, -0.1) is 0 Å². The lowest BCUT2D eigenvalue weighted by Gasteiger charge is -2.01. The average molecular weight is 280 g/mol. The quantitative estimate of drug-likeness (QED) is 0.654. The van der Waals surface area contributed by atoms with Gasteiger partial charge in [-0.05, 0) is 23.8 Å². The van der Waals surface area contributed by atoms with E-state index in [9.17, 15) is 15.0 Å². The standard InChI is InChI=1S/C17H12O4/c18-13-10-9-12-15(19)14(21-17(12)16(13)20)8-4-7-11-5-2-1-3-6-11/h1-10,18,20H/b7-4+,14-8+. The van der Waals surface area contributed by atoms with Gasteiger partial charge in [-0.3, -0.25) is 4.79 Å². The molecule has 1 aliphatic heterocycles. The number of aromatic hydroxyl groups is 2. The first kappa shape index (κ1) is 13.0. The van der Waals surface area contributed by atoms with Crippen molar-refractivity contribution in [1.29, 1.82) is 0 Å². The van der Waals surface area contributed by atoms with Gasteiger partial charge in [0, 0.05) is 0 Å². The molecule has 0 saturated carbocycles. The van der Waals surface area contributed by atoms with Crippen molar-refractivity contribution in [2.24, 2.45) is 0 Å². The van der Waals surface area contributed by atoms with Crippen LogP contribution in [0.1, 0.15) is 15.9 Å². The third-order valence-electron chi connectivity index (χ3n) is 3.13. The van der Waals surface area contributed by atoms with E-state index in [1.165, 1.54) is 18.2 Å². The predicted molar refractivity (Wildman–Crippen MR) is 78.3 cm³/mol. The van der Waals surface area contributed by atoms with Crippen LogP contribution in [0.4, 0.5) is 0 Å². The number of ether oxygens (including phenoxy) is 1. The summed E-state index contributed by atoms with van der Waals surface area (Å²) in [5.41, 5.74) is 1.24. The van der Waals surface area contributed by atoms with Crippen LogP contribution in [0.5, 0.6) is 17.2 Å². The van der Waals surface area contributed by atoms with Gasteiger partial charge in [0.15, 0.2) is 17.3 Å². The highest BCUT2D eigenvalue weighted by atomic mass is 16.5. The summed E-state index contributed by atoms with van der Waals surface area (Å²) in [5.74, 6) is -0.950. The van der Waals surface area contributed by atoms with E-state index in [0.29, 0.717) is 0 Å². The van der Waals surface area contributed by atoms with E-state index < -0.39 is 5.75 Å². The summed E-state index contributed by atoms with van der Waals surface area (Å²) < 4.78 is 5.32. The Morgan fingerprint density at radius 2 is 1.76 bits per heavy atom. The highest BCUT2D eigenvalue weighted by Gasteiger charge is 2.30. The number of carbonyl (C=O) groups excluding carboxylic acids is 1. The summed E-state index contributed by atoms with van der Waals surface area (Å²) in [7, 11) is 0. The molecular formula is C17H12O4. The van der Waals surface area contributed by atoms with E-state index in [4.69, 9.17) is 4.74 Å². The third-order valence-corrected chi connectivity index (χ3v) is 3.13. The number of rotatable bonds is 2. The van der Waals surface area contributed by atoms with Crippen molar-refractivity contribution in [1.82, 2.24) is 0 Å². The Morgan fingerprint density at radius 1 is 1.00 bits per heavy atom.